The van der Waals surface area contributed by atoms with Crippen LogP contribution >= 0.6 is 23.2 Å². The summed E-state index contributed by atoms with van der Waals surface area (Å²) < 4.78 is 5.28. The lowest BCUT2D eigenvalue weighted by Crippen LogP contribution is -2.38. The quantitative estimate of drug-likeness (QED) is 0.688. The Hall–Kier alpha value is -0.840. The number of nitrogens with two attached hydrogens (primary N) is 1. The van der Waals surface area contributed by atoms with Crippen LogP contribution in [-0.2, 0) is 16.1 Å². The topological polar surface area (TPSA) is 65.2 Å². The van der Waals surface area contributed by atoms with Crippen LogP contribution in [0, 0.1) is 5.92 Å². The van der Waals surface area contributed by atoms with Gasteiger partial charge >= 0.3 is 5.97 Å². The van der Waals surface area contributed by atoms with Gasteiger partial charge in [-0.25, -0.2) is 4.98 Å². The largest absolute Gasteiger partial charge is 0.461 e. The zero-order chi connectivity index (χ0) is 13.8. The molecule has 1 aromatic heterocycles. The number of esters is 1. The van der Waals surface area contributed by atoms with Crippen LogP contribution in [0.1, 0.15) is 31.2 Å². The molecule has 0 aliphatic heterocycles. The van der Waals surface area contributed by atoms with Gasteiger partial charge in [0.25, 0.3) is 0 Å². The number of rotatable bonds is 3. The van der Waals surface area contributed by atoms with Crippen molar-refractivity contribution in [1.29, 1.82) is 0 Å². The number of pyridine rings is 1. The SMILES string of the molecule is N[C@@H]1CCCC[C@@H]1C(=O)OCc1cc(Cl)nc(Cl)c1. The van der Waals surface area contributed by atoms with Crippen LogP contribution in [0.25, 0.3) is 0 Å². The van der Waals surface area contributed by atoms with E-state index < -0.39 is 0 Å². The molecule has 1 aliphatic carbocycles. The van der Waals surface area contributed by atoms with Crippen LogP contribution in [-0.4, -0.2) is 17.0 Å². The Bertz CT molecular complexity index is 448. The van der Waals surface area contributed by atoms with Gasteiger partial charge in [0, 0.05) is 6.04 Å². The molecule has 0 saturated heterocycles. The lowest BCUT2D eigenvalue weighted by atomic mass is 9.85. The molecule has 0 aromatic carbocycles. The molecule has 4 nitrogen and oxygen atoms in total. The Morgan fingerprint density at radius 2 is 1.95 bits per heavy atom. The van der Waals surface area contributed by atoms with E-state index in [0.29, 0.717) is 0 Å². The van der Waals surface area contributed by atoms with Gasteiger partial charge in [-0.2, -0.15) is 0 Å². The van der Waals surface area contributed by atoms with Crippen molar-refractivity contribution in [3.63, 3.8) is 0 Å². The second-order valence-corrected chi connectivity index (χ2v) is 5.56. The molecule has 19 heavy (non-hydrogen) atoms. The van der Waals surface area contributed by atoms with E-state index in [4.69, 9.17) is 33.7 Å². The molecule has 0 radical (unpaired) electrons. The van der Waals surface area contributed by atoms with Gasteiger partial charge in [-0.1, -0.05) is 36.0 Å². The van der Waals surface area contributed by atoms with E-state index in [1.165, 1.54) is 0 Å². The zero-order valence-electron chi connectivity index (χ0n) is 10.4. The van der Waals surface area contributed by atoms with E-state index in [-0.39, 0.29) is 34.8 Å². The van der Waals surface area contributed by atoms with Gasteiger partial charge < -0.3 is 10.5 Å². The minimum absolute atomic E-state index is 0.0918. The average Bonchev–Trinajstić information content (AvgIpc) is 2.35. The minimum atomic E-state index is -0.240. The van der Waals surface area contributed by atoms with Crippen LogP contribution in [0.5, 0.6) is 0 Å². The molecule has 2 rings (SSSR count). The van der Waals surface area contributed by atoms with Gasteiger partial charge in [0.1, 0.15) is 16.9 Å². The number of carbonyl (C=O) groups excluding carboxylic acids is 1. The summed E-state index contributed by atoms with van der Waals surface area (Å²) >= 11 is 11.6. The number of carbonyl (C=O) groups is 1. The maximum absolute atomic E-state index is 12.0. The van der Waals surface area contributed by atoms with Gasteiger partial charge in [-0.15, -0.1) is 0 Å². The highest BCUT2D eigenvalue weighted by Crippen LogP contribution is 2.24. The summed E-state index contributed by atoms with van der Waals surface area (Å²) in [7, 11) is 0. The summed E-state index contributed by atoms with van der Waals surface area (Å²) in [5, 5.41) is 0.570. The molecule has 2 N–H and O–H groups in total. The second kappa shape index (κ2) is 6.55. The molecule has 2 atom stereocenters. The highest BCUT2D eigenvalue weighted by molar-refractivity contribution is 6.32. The van der Waals surface area contributed by atoms with Crippen LogP contribution < -0.4 is 5.73 Å². The highest BCUT2D eigenvalue weighted by Gasteiger charge is 2.29. The summed E-state index contributed by atoms with van der Waals surface area (Å²) in [6.07, 6.45) is 3.80. The van der Waals surface area contributed by atoms with Crippen LogP contribution in [0.4, 0.5) is 0 Å². The molecular weight excluding hydrogens is 287 g/mol. The summed E-state index contributed by atoms with van der Waals surface area (Å²) in [4.78, 5) is 15.8. The van der Waals surface area contributed by atoms with E-state index >= 15 is 0 Å². The molecule has 1 aliphatic rings. The van der Waals surface area contributed by atoms with Crippen molar-refractivity contribution in [2.24, 2.45) is 11.7 Å². The monoisotopic (exact) mass is 302 g/mol. The fourth-order valence-electron chi connectivity index (χ4n) is 2.31. The maximum atomic E-state index is 12.0. The van der Waals surface area contributed by atoms with E-state index in [9.17, 15) is 4.79 Å². The average molecular weight is 303 g/mol. The van der Waals surface area contributed by atoms with E-state index in [1.807, 2.05) is 0 Å². The maximum Gasteiger partial charge on any atom is 0.310 e. The summed E-state index contributed by atoms with van der Waals surface area (Å²) in [5.74, 6) is -0.433. The number of hydrogen-bond acceptors (Lipinski definition) is 4. The predicted octanol–water partition coefficient (Wildman–Crippen LogP) is 2.95. The number of nitrogens with zero attached hydrogens (tertiary/aromatic N) is 1. The Morgan fingerprint density at radius 1 is 1.32 bits per heavy atom. The van der Waals surface area contributed by atoms with Gasteiger partial charge in [0.05, 0.1) is 5.92 Å². The Morgan fingerprint density at radius 3 is 2.58 bits per heavy atom. The molecular formula is C13H16Cl2N2O2. The van der Waals surface area contributed by atoms with Gasteiger partial charge in [0.15, 0.2) is 0 Å². The fourth-order valence-corrected chi connectivity index (χ4v) is 2.82. The van der Waals surface area contributed by atoms with E-state index in [1.54, 1.807) is 12.1 Å². The molecule has 6 heteroatoms. The third-order valence-electron chi connectivity index (χ3n) is 3.33. The van der Waals surface area contributed by atoms with Crippen molar-refractivity contribution in [3.8, 4) is 0 Å². The molecule has 0 unspecified atom stereocenters. The smallest absolute Gasteiger partial charge is 0.310 e. The Balaban J connectivity index is 1.92. The summed E-state index contributed by atoms with van der Waals surface area (Å²) in [5.41, 5.74) is 6.67. The van der Waals surface area contributed by atoms with Crippen molar-refractivity contribution >= 4 is 29.2 Å². The molecule has 0 amide bonds. The molecule has 1 aromatic rings. The van der Waals surface area contributed by atoms with Crippen molar-refractivity contribution in [2.75, 3.05) is 0 Å². The Labute approximate surface area is 122 Å². The first-order valence-electron chi connectivity index (χ1n) is 6.30. The number of halogens is 2. The summed E-state index contributed by atoms with van der Waals surface area (Å²) in [6, 6.07) is 3.16. The van der Waals surface area contributed by atoms with Gasteiger partial charge in [0.2, 0.25) is 0 Å². The standard InChI is InChI=1S/C13H16Cl2N2O2/c14-11-5-8(6-12(15)17-11)7-19-13(18)9-3-1-2-4-10(9)16/h5-6,9-10H,1-4,7,16H2/t9-,10+/m0/s1. The molecule has 1 fully saturated rings. The second-order valence-electron chi connectivity index (χ2n) is 4.78. The van der Waals surface area contributed by atoms with Crippen LogP contribution in [0.2, 0.25) is 10.3 Å². The number of ether oxygens (including phenoxy) is 1. The molecule has 1 heterocycles. The predicted molar refractivity (Wildman–Crippen MR) is 74.0 cm³/mol. The lowest BCUT2D eigenvalue weighted by molar-refractivity contribution is -0.151. The first-order chi connectivity index (χ1) is 9.06. The van der Waals surface area contributed by atoms with Crippen LogP contribution in [0.15, 0.2) is 12.1 Å². The molecule has 104 valence electrons. The van der Waals surface area contributed by atoms with Crippen molar-refractivity contribution in [2.45, 2.75) is 38.3 Å². The first kappa shape index (κ1) is 14.6. The minimum Gasteiger partial charge on any atom is -0.461 e. The lowest BCUT2D eigenvalue weighted by Gasteiger charge is -2.26. The van der Waals surface area contributed by atoms with Gasteiger partial charge in [-0.3, -0.25) is 4.79 Å². The van der Waals surface area contributed by atoms with E-state index in [2.05, 4.69) is 4.98 Å². The highest BCUT2D eigenvalue weighted by atomic mass is 35.5. The van der Waals surface area contributed by atoms with Crippen molar-refractivity contribution in [3.05, 3.63) is 28.0 Å². The first-order valence-corrected chi connectivity index (χ1v) is 7.06. The third-order valence-corrected chi connectivity index (χ3v) is 3.71. The van der Waals surface area contributed by atoms with Crippen molar-refractivity contribution in [1.82, 2.24) is 4.98 Å². The molecule has 0 spiro atoms. The third kappa shape index (κ3) is 4.06. The molecule has 1 saturated carbocycles. The van der Waals surface area contributed by atoms with Crippen molar-refractivity contribution < 1.29 is 9.53 Å². The normalized spacial score (nSPS) is 23.1. The number of hydrogen-bond donors (Lipinski definition) is 1. The van der Waals surface area contributed by atoms with Crippen LogP contribution in [0.3, 0.4) is 0 Å². The fraction of sp³-hybridized carbons (Fsp3) is 0.538. The number of aromatic nitrogens is 1. The molecule has 0 bridgehead atoms. The zero-order valence-corrected chi connectivity index (χ0v) is 12.0. The Kier molecular flexibility index (Phi) is 5.02. The summed E-state index contributed by atoms with van der Waals surface area (Å²) in [6.45, 7) is 0.143. The van der Waals surface area contributed by atoms with Gasteiger partial charge in [-0.05, 0) is 30.5 Å². The van der Waals surface area contributed by atoms with E-state index in [0.717, 1.165) is 31.2 Å².